The molecule has 5 rings (SSSR count). The van der Waals surface area contributed by atoms with E-state index >= 15 is 0 Å². The highest BCUT2D eigenvalue weighted by Crippen LogP contribution is 2.43. The Kier molecular flexibility index (Phi) is 9.54. The van der Waals surface area contributed by atoms with E-state index in [1.165, 1.54) is 12.1 Å². The van der Waals surface area contributed by atoms with E-state index < -0.39 is 35.0 Å². The van der Waals surface area contributed by atoms with Crippen molar-refractivity contribution in [3.63, 3.8) is 0 Å². The van der Waals surface area contributed by atoms with Crippen molar-refractivity contribution in [1.29, 1.82) is 0 Å². The Morgan fingerprint density at radius 1 is 1.16 bits per heavy atom. The minimum absolute atomic E-state index is 0.147. The molecule has 0 bridgehead atoms. The van der Waals surface area contributed by atoms with Crippen LogP contribution in [-0.4, -0.2) is 61.3 Å². The topological polar surface area (TPSA) is 148 Å². The van der Waals surface area contributed by atoms with E-state index in [0.717, 1.165) is 12.0 Å². The highest BCUT2D eigenvalue weighted by molar-refractivity contribution is 7.71. The van der Waals surface area contributed by atoms with Crippen molar-refractivity contribution in [3.05, 3.63) is 65.2 Å². The number of anilines is 2. The number of aryl methyl sites for hydroxylation is 1. The van der Waals surface area contributed by atoms with Crippen LogP contribution in [0.15, 0.2) is 48.5 Å². The van der Waals surface area contributed by atoms with Crippen LogP contribution in [0.1, 0.15) is 55.4 Å². The van der Waals surface area contributed by atoms with E-state index in [0.29, 0.717) is 62.3 Å². The van der Waals surface area contributed by atoms with Gasteiger partial charge >= 0.3 is 12.1 Å². The minimum atomic E-state index is -4.84. The maximum absolute atomic E-state index is 14.8. The number of rotatable bonds is 10. The van der Waals surface area contributed by atoms with Crippen molar-refractivity contribution in [1.82, 2.24) is 15.3 Å². The largest absolute Gasteiger partial charge is 0.480 e. The number of thiol groups is 1. The molecule has 14 heteroatoms. The normalized spacial score (nSPS) is 18.8. The van der Waals surface area contributed by atoms with Gasteiger partial charge in [-0.3, -0.25) is 4.79 Å². The van der Waals surface area contributed by atoms with Crippen LogP contribution in [0, 0.1) is 5.41 Å². The predicted molar refractivity (Wildman–Crippen MR) is 164 cm³/mol. The van der Waals surface area contributed by atoms with E-state index in [9.17, 15) is 31.5 Å². The Balaban J connectivity index is 1.45. The van der Waals surface area contributed by atoms with Gasteiger partial charge in [0.1, 0.15) is 22.6 Å². The molecule has 3 heterocycles. The number of halogens is 3. The average molecular weight is 648 g/mol. The Hall–Kier alpha value is -3.91. The molecule has 0 aliphatic carbocycles. The summed E-state index contributed by atoms with van der Waals surface area (Å²) in [4.78, 5) is 21.6. The van der Waals surface area contributed by atoms with Gasteiger partial charge in [0.05, 0.1) is 5.75 Å². The summed E-state index contributed by atoms with van der Waals surface area (Å²) in [5, 5.41) is 12.4. The molecule has 2 aromatic carbocycles. The molecule has 1 spiro atoms. The Morgan fingerprint density at radius 3 is 2.56 bits per heavy atom. The lowest BCUT2D eigenvalue weighted by atomic mass is 9.76. The lowest BCUT2D eigenvalue weighted by molar-refractivity contribution is -0.198. The molecule has 4 N–H and O–H groups in total. The molecule has 1 unspecified atom stereocenters. The summed E-state index contributed by atoms with van der Waals surface area (Å²) < 4.78 is 72.6. The third kappa shape index (κ3) is 7.67. The number of aliphatic carboxylic acids is 1. The van der Waals surface area contributed by atoms with Gasteiger partial charge < -0.3 is 25.8 Å². The predicted octanol–water partition coefficient (Wildman–Crippen LogP) is 4.51. The van der Waals surface area contributed by atoms with Crippen molar-refractivity contribution >= 4 is 28.4 Å². The van der Waals surface area contributed by atoms with E-state index in [1.54, 1.807) is 36.4 Å². The highest BCUT2D eigenvalue weighted by Gasteiger charge is 2.46. The standard InChI is InChI=1S/C31H36F3N5O5S/c1-2-4-19-7-8-22(23(14-19)21-6-3-5-20(13-21)17-45(42)43)27(31(32,33)34)44-26-15-25(37-29(35)38-26)39-11-9-30(10-12-39)16-24(28(40)41)36-18-30/h3,5-8,13-15,24,27,36,45H,2,4,9-12,16-18H2,1H3,(H,40,41)(H2,35,37,38)/t24?,27-/m1/s1. The van der Waals surface area contributed by atoms with E-state index in [1.807, 2.05) is 11.8 Å². The third-order valence-corrected chi connectivity index (χ3v) is 9.16. The molecule has 10 nitrogen and oxygen atoms in total. The molecule has 0 saturated carbocycles. The van der Waals surface area contributed by atoms with Crippen LogP contribution in [-0.2, 0) is 27.7 Å². The van der Waals surface area contributed by atoms with E-state index in [2.05, 4.69) is 15.3 Å². The van der Waals surface area contributed by atoms with Gasteiger partial charge in [0, 0.05) is 31.3 Å². The quantitative estimate of drug-likeness (QED) is 0.232. The third-order valence-electron chi connectivity index (χ3n) is 8.54. The number of hydrogen-bond acceptors (Lipinski definition) is 9. The second-order valence-electron chi connectivity index (χ2n) is 11.8. The van der Waals surface area contributed by atoms with Gasteiger partial charge in [0.2, 0.25) is 17.9 Å². The molecule has 2 fully saturated rings. The van der Waals surface area contributed by atoms with Crippen LogP contribution in [0.3, 0.4) is 0 Å². The van der Waals surface area contributed by atoms with Crippen LogP contribution < -0.4 is 20.7 Å². The fraction of sp³-hybridized carbons (Fsp3) is 0.452. The van der Waals surface area contributed by atoms with Crippen LogP contribution in [0.25, 0.3) is 11.1 Å². The molecule has 2 aliphatic rings. The smallest absolute Gasteiger partial charge is 0.429 e. The number of aromatic nitrogens is 2. The molecule has 3 aromatic rings. The second-order valence-corrected chi connectivity index (χ2v) is 12.8. The molecular formula is C31H36F3N5O5S. The maximum atomic E-state index is 14.8. The maximum Gasteiger partial charge on any atom is 0.429 e. The van der Waals surface area contributed by atoms with Gasteiger partial charge in [-0.25, -0.2) is 8.42 Å². The molecule has 0 amide bonds. The number of carboxylic acid groups (broad SMARTS) is 1. The minimum Gasteiger partial charge on any atom is -0.480 e. The van der Waals surface area contributed by atoms with Gasteiger partial charge in [0.25, 0.3) is 0 Å². The summed E-state index contributed by atoms with van der Waals surface area (Å²) in [5.41, 5.74) is 7.65. The van der Waals surface area contributed by atoms with Crippen molar-refractivity contribution < 1.29 is 36.2 Å². The molecule has 1 aromatic heterocycles. The van der Waals surface area contributed by atoms with Gasteiger partial charge in [-0.05, 0) is 53.4 Å². The van der Waals surface area contributed by atoms with Crippen LogP contribution in [0.4, 0.5) is 24.9 Å². The van der Waals surface area contributed by atoms with Crippen LogP contribution >= 0.6 is 0 Å². The van der Waals surface area contributed by atoms with Gasteiger partial charge in [0.15, 0.2) is 0 Å². The number of nitrogens with zero attached hydrogens (tertiary/aromatic N) is 3. The summed E-state index contributed by atoms with van der Waals surface area (Å²) in [6, 6.07) is 11.9. The SMILES string of the molecule is CCCc1ccc([C@@H](Oc2cc(N3CCC4(CC3)CNC(C(=O)O)C4)nc(N)n2)C(F)(F)F)c(-c2cccc(C[SH](=O)=O)c2)c1. The lowest BCUT2D eigenvalue weighted by Crippen LogP contribution is -2.41. The Bertz CT molecular complexity index is 1620. The van der Waals surface area contributed by atoms with Crippen molar-refractivity contribution in [2.24, 2.45) is 5.41 Å². The van der Waals surface area contributed by atoms with Crippen molar-refractivity contribution in [2.45, 2.75) is 63.1 Å². The number of nitrogen functional groups attached to an aromatic ring is 1. The monoisotopic (exact) mass is 647 g/mol. The zero-order valence-electron chi connectivity index (χ0n) is 24.7. The summed E-state index contributed by atoms with van der Waals surface area (Å²) in [7, 11) is -2.72. The van der Waals surface area contributed by atoms with Crippen LogP contribution in [0.5, 0.6) is 5.88 Å². The first-order valence-corrected chi connectivity index (χ1v) is 16.1. The average Bonchev–Trinajstić information content (AvgIpc) is 3.39. The summed E-state index contributed by atoms with van der Waals surface area (Å²) in [6.07, 6.45) is -3.94. The lowest BCUT2D eigenvalue weighted by Gasteiger charge is -2.39. The van der Waals surface area contributed by atoms with Crippen molar-refractivity contribution in [3.8, 4) is 17.0 Å². The first kappa shape index (κ1) is 32.5. The number of nitrogens with two attached hydrogens (primary N) is 1. The number of ether oxygens (including phenoxy) is 1. The van der Waals surface area contributed by atoms with Crippen molar-refractivity contribution in [2.75, 3.05) is 30.3 Å². The molecular weight excluding hydrogens is 611 g/mol. The van der Waals surface area contributed by atoms with Crippen LogP contribution in [0.2, 0.25) is 0 Å². The van der Waals surface area contributed by atoms with Gasteiger partial charge in [-0.1, -0.05) is 55.8 Å². The number of carboxylic acids is 1. The number of carbonyl (C=O) groups is 1. The summed E-state index contributed by atoms with van der Waals surface area (Å²) in [5.74, 6) is -1.37. The fourth-order valence-corrected chi connectivity index (χ4v) is 6.77. The summed E-state index contributed by atoms with van der Waals surface area (Å²) in [6.45, 7) is 3.59. The Labute approximate surface area is 260 Å². The zero-order chi connectivity index (χ0) is 32.4. The molecule has 2 atom stereocenters. The van der Waals surface area contributed by atoms with E-state index in [-0.39, 0.29) is 34.1 Å². The summed E-state index contributed by atoms with van der Waals surface area (Å²) >= 11 is 0. The Morgan fingerprint density at radius 2 is 1.91 bits per heavy atom. The molecule has 2 aliphatic heterocycles. The fourth-order valence-electron chi connectivity index (χ4n) is 6.28. The zero-order valence-corrected chi connectivity index (χ0v) is 25.6. The highest BCUT2D eigenvalue weighted by atomic mass is 32.2. The van der Waals surface area contributed by atoms with E-state index in [4.69, 9.17) is 10.5 Å². The first-order chi connectivity index (χ1) is 21.4. The molecule has 45 heavy (non-hydrogen) atoms. The number of nitrogens with one attached hydrogen (secondary N) is 1. The van der Waals surface area contributed by atoms with Gasteiger partial charge in [-0.15, -0.1) is 0 Å². The number of piperidine rings is 1. The second kappa shape index (κ2) is 13.2. The number of hydrogen-bond donors (Lipinski definition) is 4. The first-order valence-electron chi connectivity index (χ1n) is 14.8. The molecule has 0 radical (unpaired) electrons. The molecule has 242 valence electrons. The van der Waals surface area contributed by atoms with Gasteiger partial charge in [-0.2, -0.15) is 23.1 Å². The molecule has 2 saturated heterocycles. The number of alkyl halides is 3. The number of benzene rings is 2.